The number of para-hydroxylation sites is 1. The smallest absolute Gasteiger partial charge is 0.0900 e. The topological polar surface area (TPSA) is 24.9 Å². The molecule has 0 saturated carbocycles. The Hall–Kier alpha value is -1.35. The molecule has 20 heavy (non-hydrogen) atoms. The molecule has 2 rings (SSSR count). The van der Waals surface area contributed by atoms with Crippen LogP contribution in [0.2, 0.25) is 0 Å². The normalized spacial score (nSPS) is 13.3. The van der Waals surface area contributed by atoms with Crippen molar-refractivity contribution in [2.75, 3.05) is 5.32 Å². The maximum Gasteiger partial charge on any atom is 0.0900 e. The van der Waals surface area contributed by atoms with Crippen LogP contribution in [-0.2, 0) is 5.41 Å². The first-order valence-corrected chi connectivity index (χ1v) is 7.90. The van der Waals surface area contributed by atoms with Gasteiger partial charge in [0.25, 0.3) is 0 Å². The molecule has 0 radical (unpaired) electrons. The molecule has 0 aliphatic rings. The second kappa shape index (κ2) is 5.57. The molecule has 2 aromatic rings. The number of thiazole rings is 1. The fraction of sp³-hybridized carbons (Fsp3) is 0.471. The highest BCUT2D eigenvalue weighted by molar-refractivity contribution is 7.11. The van der Waals surface area contributed by atoms with E-state index in [9.17, 15) is 0 Å². The summed E-state index contributed by atoms with van der Waals surface area (Å²) < 4.78 is 0. The third-order valence-electron chi connectivity index (χ3n) is 3.44. The molecular formula is C17H24N2S. The van der Waals surface area contributed by atoms with Gasteiger partial charge in [0, 0.05) is 10.6 Å². The predicted molar refractivity (Wildman–Crippen MR) is 88.8 cm³/mol. The Kier molecular flexibility index (Phi) is 4.19. The molecule has 0 aliphatic heterocycles. The van der Waals surface area contributed by atoms with Gasteiger partial charge in [-0.3, -0.25) is 0 Å². The van der Waals surface area contributed by atoms with Gasteiger partial charge in [-0.05, 0) is 37.8 Å². The average Bonchev–Trinajstić information content (AvgIpc) is 2.68. The quantitative estimate of drug-likeness (QED) is 0.836. The molecule has 0 aliphatic carbocycles. The SMILES string of the molecule is Cc1nc(C)c(C(C)Nc2ccccc2C(C)(C)C)s1. The lowest BCUT2D eigenvalue weighted by Gasteiger charge is -2.25. The number of benzene rings is 1. The van der Waals surface area contributed by atoms with Gasteiger partial charge in [0.05, 0.1) is 16.7 Å². The van der Waals surface area contributed by atoms with E-state index in [0.717, 1.165) is 10.7 Å². The molecule has 0 fully saturated rings. The number of nitrogens with one attached hydrogen (secondary N) is 1. The summed E-state index contributed by atoms with van der Waals surface area (Å²) in [6.45, 7) is 13.1. The summed E-state index contributed by atoms with van der Waals surface area (Å²) in [4.78, 5) is 5.85. The van der Waals surface area contributed by atoms with Crippen molar-refractivity contribution in [2.24, 2.45) is 0 Å². The number of hydrogen-bond donors (Lipinski definition) is 1. The molecule has 1 atom stereocenters. The lowest BCUT2D eigenvalue weighted by molar-refractivity contribution is 0.591. The van der Waals surface area contributed by atoms with Crippen molar-refractivity contribution in [3.8, 4) is 0 Å². The molecule has 1 N–H and O–H groups in total. The molecule has 0 bridgehead atoms. The first kappa shape index (κ1) is 15.0. The minimum Gasteiger partial charge on any atom is -0.377 e. The fourth-order valence-corrected chi connectivity index (χ4v) is 3.44. The Balaban J connectivity index is 2.29. The van der Waals surface area contributed by atoms with Crippen molar-refractivity contribution in [1.82, 2.24) is 4.98 Å². The van der Waals surface area contributed by atoms with Crippen molar-refractivity contribution >= 4 is 17.0 Å². The van der Waals surface area contributed by atoms with Crippen LogP contribution in [0, 0.1) is 13.8 Å². The maximum atomic E-state index is 4.52. The van der Waals surface area contributed by atoms with E-state index in [1.807, 2.05) is 0 Å². The van der Waals surface area contributed by atoms with E-state index in [1.54, 1.807) is 11.3 Å². The van der Waals surface area contributed by atoms with Crippen LogP contribution in [-0.4, -0.2) is 4.98 Å². The Bertz CT molecular complexity index is 593. The minimum atomic E-state index is 0.141. The fourth-order valence-electron chi connectivity index (χ4n) is 2.51. The lowest BCUT2D eigenvalue weighted by Crippen LogP contribution is -2.16. The number of hydrogen-bond acceptors (Lipinski definition) is 3. The van der Waals surface area contributed by atoms with Crippen LogP contribution < -0.4 is 5.32 Å². The number of nitrogens with zero attached hydrogens (tertiary/aromatic N) is 1. The lowest BCUT2D eigenvalue weighted by atomic mass is 9.85. The van der Waals surface area contributed by atoms with Gasteiger partial charge in [-0.1, -0.05) is 39.0 Å². The van der Waals surface area contributed by atoms with Crippen LogP contribution in [0.5, 0.6) is 0 Å². The molecule has 108 valence electrons. The molecule has 0 spiro atoms. The summed E-state index contributed by atoms with van der Waals surface area (Å²) in [5.74, 6) is 0. The molecule has 1 heterocycles. The van der Waals surface area contributed by atoms with Crippen molar-refractivity contribution in [1.29, 1.82) is 0 Å². The van der Waals surface area contributed by atoms with E-state index in [0.29, 0.717) is 0 Å². The maximum absolute atomic E-state index is 4.52. The highest BCUT2D eigenvalue weighted by Crippen LogP contribution is 2.33. The molecule has 1 unspecified atom stereocenters. The summed E-state index contributed by atoms with van der Waals surface area (Å²) in [5.41, 5.74) is 3.85. The van der Waals surface area contributed by atoms with Gasteiger partial charge in [-0.2, -0.15) is 0 Å². The van der Waals surface area contributed by atoms with E-state index in [-0.39, 0.29) is 11.5 Å². The van der Waals surface area contributed by atoms with Crippen molar-refractivity contribution in [3.05, 3.63) is 45.4 Å². The monoisotopic (exact) mass is 288 g/mol. The summed E-state index contributed by atoms with van der Waals surface area (Å²) >= 11 is 1.78. The zero-order valence-electron chi connectivity index (χ0n) is 13.2. The van der Waals surface area contributed by atoms with Gasteiger partial charge in [-0.25, -0.2) is 4.98 Å². The van der Waals surface area contributed by atoms with Gasteiger partial charge in [-0.15, -0.1) is 11.3 Å². The second-order valence-electron chi connectivity index (χ2n) is 6.34. The van der Waals surface area contributed by atoms with Crippen LogP contribution in [0.25, 0.3) is 0 Å². The molecule has 1 aromatic heterocycles. The number of aromatic nitrogens is 1. The highest BCUT2D eigenvalue weighted by atomic mass is 32.1. The van der Waals surface area contributed by atoms with Crippen LogP contribution in [0.1, 0.15) is 54.9 Å². The highest BCUT2D eigenvalue weighted by Gasteiger charge is 2.19. The number of anilines is 1. The predicted octanol–water partition coefficient (Wildman–Crippen LogP) is 5.23. The van der Waals surface area contributed by atoms with E-state index >= 15 is 0 Å². The first-order valence-electron chi connectivity index (χ1n) is 7.09. The number of aryl methyl sites for hydroxylation is 2. The Morgan fingerprint density at radius 3 is 2.35 bits per heavy atom. The van der Waals surface area contributed by atoms with Crippen molar-refractivity contribution in [2.45, 2.75) is 53.0 Å². The Morgan fingerprint density at radius 2 is 1.80 bits per heavy atom. The average molecular weight is 288 g/mol. The Labute approximate surface area is 126 Å². The summed E-state index contributed by atoms with van der Waals surface area (Å²) in [5, 5.41) is 4.79. The molecule has 2 nitrogen and oxygen atoms in total. The van der Waals surface area contributed by atoms with Crippen molar-refractivity contribution < 1.29 is 0 Å². The van der Waals surface area contributed by atoms with Gasteiger partial charge < -0.3 is 5.32 Å². The zero-order chi connectivity index (χ0) is 14.9. The van der Waals surface area contributed by atoms with Gasteiger partial charge >= 0.3 is 0 Å². The van der Waals surface area contributed by atoms with Crippen LogP contribution in [0.15, 0.2) is 24.3 Å². The molecule has 0 amide bonds. The molecular weight excluding hydrogens is 264 g/mol. The minimum absolute atomic E-state index is 0.141. The van der Waals surface area contributed by atoms with Crippen molar-refractivity contribution in [3.63, 3.8) is 0 Å². The summed E-state index contributed by atoms with van der Waals surface area (Å²) in [6.07, 6.45) is 0. The van der Waals surface area contributed by atoms with E-state index in [4.69, 9.17) is 0 Å². The molecule has 3 heteroatoms. The Morgan fingerprint density at radius 1 is 1.15 bits per heavy atom. The third-order valence-corrected chi connectivity index (χ3v) is 4.70. The second-order valence-corrected chi connectivity index (χ2v) is 7.58. The standard InChI is InChI=1S/C17H24N2S/c1-11-16(20-13(3)18-11)12(2)19-15-10-8-7-9-14(15)17(4,5)6/h7-10,12,19H,1-6H3. The van der Waals surface area contributed by atoms with Gasteiger partial charge in [0.15, 0.2) is 0 Å². The van der Waals surface area contributed by atoms with Crippen LogP contribution in [0.4, 0.5) is 5.69 Å². The van der Waals surface area contributed by atoms with Gasteiger partial charge in [0.1, 0.15) is 0 Å². The van der Waals surface area contributed by atoms with Gasteiger partial charge in [0.2, 0.25) is 0 Å². The third kappa shape index (κ3) is 3.21. The molecule has 1 aromatic carbocycles. The van der Waals surface area contributed by atoms with E-state index in [2.05, 4.69) is 76.1 Å². The molecule has 0 saturated heterocycles. The largest absolute Gasteiger partial charge is 0.377 e. The van der Waals surface area contributed by atoms with E-state index < -0.39 is 0 Å². The number of rotatable bonds is 3. The summed E-state index contributed by atoms with van der Waals surface area (Å²) in [7, 11) is 0. The summed E-state index contributed by atoms with van der Waals surface area (Å²) in [6, 6.07) is 8.86. The van der Waals surface area contributed by atoms with Crippen LogP contribution in [0.3, 0.4) is 0 Å². The zero-order valence-corrected chi connectivity index (χ0v) is 14.1. The van der Waals surface area contributed by atoms with E-state index in [1.165, 1.54) is 16.1 Å². The first-order chi connectivity index (χ1) is 9.29. The van der Waals surface area contributed by atoms with Crippen LogP contribution >= 0.6 is 11.3 Å².